The molecule has 5 nitrogen and oxygen atoms in total. The number of ether oxygens (including phenoxy) is 1. The number of pyridine rings is 1. The van der Waals surface area contributed by atoms with Crippen LogP contribution in [0.4, 0.5) is 5.69 Å². The Morgan fingerprint density at radius 2 is 1.74 bits per heavy atom. The van der Waals surface area contributed by atoms with E-state index in [4.69, 9.17) is 9.84 Å². The summed E-state index contributed by atoms with van der Waals surface area (Å²) in [7, 11) is 0. The quantitative estimate of drug-likeness (QED) is 0.537. The lowest BCUT2D eigenvalue weighted by Gasteiger charge is -2.43. The van der Waals surface area contributed by atoms with E-state index in [0.29, 0.717) is 0 Å². The molecule has 2 heterocycles. The second kappa shape index (κ2) is 11.1. The molecule has 2 atom stereocenters. The van der Waals surface area contributed by atoms with Crippen LogP contribution in [0.15, 0.2) is 4.47 Å². The van der Waals surface area contributed by atoms with Crippen LogP contribution in [0.3, 0.4) is 0 Å². The lowest BCUT2D eigenvalue weighted by molar-refractivity contribution is -0.146. The molecule has 2 aliphatic rings. The summed E-state index contributed by atoms with van der Waals surface area (Å²) in [6, 6.07) is 0. The number of carbonyl (C=O) groups excluding carboxylic acids is 1. The highest BCUT2D eigenvalue weighted by atomic mass is 79.9. The standard InChI is InChI=1S/C21H31BrN2O2.C4H10O/c1-13(2)26-19(25)11-18-14(3)23-15(4)20(22)21(18)24-10-9-16-7-5-6-8-17(16)12-24;1-4(2,3)5/h13,16-17H,5-12H2,1-4H3;5H,1-3H3. The van der Waals surface area contributed by atoms with Gasteiger partial charge in [0, 0.05) is 24.3 Å². The predicted molar refractivity (Wildman–Crippen MR) is 131 cm³/mol. The fraction of sp³-hybridized carbons (Fsp3) is 0.760. The number of carbonyl (C=O) groups is 1. The summed E-state index contributed by atoms with van der Waals surface area (Å²) < 4.78 is 6.44. The topological polar surface area (TPSA) is 62.7 Å². The highest BCUT2D eigenvalue weighted by Gasteiger charge is 2.33. The van der Waals surface area contributed by atoms with Crippen LogP contribution in [0.2, 0.25) is 0 Å². The number of nitrogens with zero attached hydrogens (tertiary/aromatic N) is 2. The molecule has 6 heteroatoms. The lowest BCUT2D eigenvalue weighted by Crippen LogP contribution is -2.42. The Bertz CT molecular complexity index is 752. The summed E-state index contributed by atoms with van der Waals surface area (Å²) in [6.45, 7) is 15.2. The van der Waals surface area contributed by atoms with Crippen molar-refractivity contribution in [3.8, 4) is 0 Å². The first kappa shape index (κ1) is 26.1. The van der Waals surface area contributed by atoms with Gasteiger partial charge in [-0.25, -0.2) is 0 Å². The number of fused-ring (bicyclic) bond motifs is 1. The molecule has 2 fully saturated rings. The molecule has 0 aromatic carbocycles. The van der Waals surface area contributed by atoms with E-state index in [1.54, 1.807) is 20.8 Å². The third-order valence-electron chi connectivity index (χ3n) is 5.88. The summed E-state index contributed by atoms with van der Waals surface area (Å²) in [5, 5.41) is 8.52. The van der Waals surface area contributed by atoms with Crippen molar-refractivity contribution in [1.29, 1.82) is 0 Å². The Kier molecular flexibility index (Phi) is 9.38. The van der Waals surface area contributed by atoms with Crippen LogP contribution in [-0.2, 0) is 16.0 Å². The molecule has 31 heavy (non-hydrogen) atoms. The van der Waals surface area contributed by atoms with Gasteiger partial charge in [-0.3, -0.25) is 9.78 Å². The van der Waals surface area contributed by atoms with E-state index >= 15 is 0 Å². The Balaban J connectivity index is 0.000000614. The highest BCUT2D eigenvalue weighted by molar-refractivity contribution is 9.10. The summed E-state index contributed by atoms with van der Waals surface area (Å²) in [5.74, 6) is 1.50. The zero-order valence-corrected chi connectivity index (χ0v) is 22.0. The van der Waals surface area contributed by atoms with E-state index in [1.165, 1.54) is 37.8 Å². The molecule has 1 saturated carbocycles. The van der Waals surface area contributed by atoms with Gasteiger partial charge in [0.15, 0.2) is 0 Å². The van der Waals surface area contributed by atoms with Crippen molar-refractivity contribution in [2.45, 2.75) is 98.7 Å². The molecule has 2 unspecified atom stereocenters. The van der Waals surface area contributed by atoms with Crippen LogP contribution in [-0.4, -0.2) is 40.9 Å². The largest absolute Gasteiger partial charge is 0.463 e. The number of aliphatic hydroxyl groups is 1. The average Bonchev–Trinajstić information content (AvgIpc) is 2.64. The van der Waals surface area contributed by atoms with Crippen molar-refractivity contribution in [3.63, 3.8) is 0 Å². The number of hydrogen-bond acceptors (Lipinski definition) is 5. The molecule has 3 rings (SSSR count). The molecule has 1 aliphatic heterocycles. The van der Waals surface area contributed by atoms with Gasteiger partial charge in [0.1, 0.15) is 0 Å². The summed E-state index contributed by atoms with van der Waals surface area (Å²) >= 11 is 3.77. The molecular weight excluding hydrogens is 456 g/mol. The van der Waals surface area contributed by atoms with Crippen LogP contribution < -0.4 is 4.90 Å². The average molecular weight is 498 g/mol. The normalized spacial score (nSPS) is 21.3. The second-order valence-electron chi connectivity index (χ2n) is 10.3. The smallest absolute Gasteiger partial charge is 0.310 e. The molecule has 0 radical (unpaired) electrons. The van der Waals surface area contributed by atoms with Gasteiger partial charge in [-0.1, -0.05) is 19.3 Å². The van der Waals surface area contributed by atoms with Crippen molar-refractivity contribution in [2.75, 3.05) is 18.0 Å². The second-order valence-corrected chi connectivity index (χ2v) is 11.1. The van der Waals surface area contributed by atoms with E-state index in [1.807, 2.05) is 27.7 Å². The van der Waals surface area contributed by atoms with Gasteiger partial charge in [-0.15, -0.1) is 0 Å². The SMILES string of the molecule is CC(C)(C)O.Cc1nc(C)c(CC(=O)OC(C)C)c(N2CCC3CCCCC3C2)c1Br. The predicted octanol–water partition coefficient (Wildman–Crippen LogP) is 5.75. The summed E-state index contributed by atoms with van der Waals surface area (Å²) in [5.41, 5.74) is 3.61. The fourth-order valence-electron chi connectivity index (χ4n) is 4.64. The number of halogens is 1. The van der Waals surface area contributed by atoms with Gasteiger partial charge in [-0.05, 0) is 89.1 Å². The number of aromatic nitrogens is 1. The van der Waals surface area contributed by atoms with Crippen molar-refractivity contribution in [2.24, 2.45) is 11.8 Å². The van der Waals surface area contributed by atoms with Gasteiger partial charge < -0.3 is 14.7 Å². The molecule has 176 valence electrons. The van der Waals surface area contributed by atoms with Crippen LogP contribution in [0.5, 0.6) is 0 Å². The first-order valence-electron chi connectivity index (χ1n) is 11.7. The Labute approximate surface area is 197 Å². The number of hydrogen-bond donors (Lipinski definition) is 1. The van der Waals surface area contributed by atoms with Crippen molar-refractivity contribution >= 4 is 27.6 Å². The fourth-order valence-corrected chi connectivity index (χ4v) is 5.22. The minimum atomic E-state index is -0.500. The zero-order valence-electron chi connectivity index (χ0n) is 20.4. The maximum absolute atomic E-state index is 12.4. The van der Waals surface area contributed by atoms with Gasteiger partial charge in [0.2, 0.25) is 0 Å². The Morgan fingerprint density at radius 1 is 1.16 bits per heavy atom. The number of rotatable bonds is 4. The van der Waals surface area contributed by atoms with Gasteiger partial charge >= 0.3 is 5.97 Å². The van der Waals surface area contributed by atoms with Crippen molar-refractivity contribution in [1.82, 2.24) is 4.98 Å². The number of piperidine rings is 1. The summed E-state index contributed by atoms with van der Waals surface area (Å²) in [4.78, 5) is 19.5. The molecule has 1 saturated heterocycles. The molecule has 1 aliphatic carbocycles. The molecule has 1 aromatic rings. The molecule has 0 amide bonds. The molecule has 1 N–H and O–H groups in total. The highest BCUT2D eigenvalue weighted by Crippen LogP contribution is 2.41. The van der Waals surface area contributed by atoms with Crippen molar-refractivity contribution in [3.05, 3.63) is 21.4 Å². The van der Waals surface area contributed by atoms with E-state index in [-0.39, 0.29) is 18.5 Å². The lowest BCUT2D eigenvalue weighted by atomic mass is 9.75. The summed E-state index contributed by atoms with van der Waals surface area (Å²) in [6.07, 6.45) is 6.94. The Hall–Kier alpha value is -1.14. The molecule has 0 bridgehead atoms. The van der Waals surface area contributed by atoms with E-state index in [0.717, 1.165) is 46.3 Å². The van der Waals surface area contributed by atoms with Crippen molar-refractivity contribution < 1.29 is 14.6 Å². The number of aryl methyl sites for hydroxylation is 2. The minimum absolute atomic E-state index is 0.0916. The maximum atomic E-state index is 12.4. The monoisotopic (exact) mass is 496 g/mol. The zero-order chi connectivity index (χ0) is 23.3. The van der Waals surface area contributed by atoms with E-state index in [2.05, 4.69) is 25.8 Å². The van der Waals surface area contributed by atoms with Crippen LogP contribution in [0.1, 0.15) is 83.7 Å². The van der Waals surface area contributed by atoms with Crippen LogP contribution in [0, 0.1) is 25.7 Å². The molecular formula is C25H41BrN2O3. The van der Waals surface area contributed by atoms with Crippen LogP contribution >= 0.6 is 15.9 Å². The van der Waals surface area contributed by atoms with E-state index in [9.17, 15) is 4.79 Å². The number of anilines is 1. The molecule has 0 spiro atoms. The van der Waals surface area contributed by atoms with Gasteiger partial charge in [0.05, 0.1) is 34.0 Å². The first-order chi connectivity index (χ1) is 14.4. The number of esters is 1. The van der Waals surface area contributed by atoms with Gasteiger partial charge in [0.25, 0.3) is 0 Å². The van der Waals surface area contributed by atoms with Gasteiger partial charge in [-0.2, -0.15) is 0 Å². The molecule has 1 aromatic heterocycles. The third kappa shape index (κ3) is 8.05. The Morgan fingerprint density at radius 3 is 2.32 bits per heavy atom. The van der Waals surface area contributed by atoms with Crippen LogP contribution in [0.25, 0.3) is 0 Å². The van der Waals surface area contributed by atoms with E-state index < -0.39 is 5.60 Å². The first-order valence-corrected chi connectivity index (χ1v) is 12.5. The maximum Gasteiger partial charge on any atom is 0.310 e. The minimum Gasteiger partial charge on any atom is -0.463 e. The third-order valence-corrected chi connectivity index (χ3v) is 6.83.